The fourth-order valence-electron chi connectivity index (χ4n) is 8.31. The van der Waals surface area contributed by atoms with Gasteiger partial charge in [-0.15, -0.1) is 0 Å². The number of hydrogen-bond donors (Lipinski definition) is 1. The van der Waals surface area contributed by atoms with Gasteiger partial charge in [0, 0.05) is 18.2 Å². The second-order valence-electron chi connectivity index (χ2n) is 12.6. The molecule has 0 unspecified atom stereocenters. The Morgan fingerprint density at radius 2 is 1.60 bits per heavy atom. The van der Waals surface area contributed by atoms with E-state index in [1.807, 2.05) is 0 Å². The fraction of sp³-hybridized carbons (Fsp3) is 0.576. The Morgan fingerprint density at radius 3 is 2.28 bits per heavy atom. The van der Waals surface area contributed by atoms with Crippen LogP contribution in [-0.4, -0.2) is 48.6 Å². The number of nitrogens with zero attached hydrogens (tertiary/aromatic N) is 1. The zero-order valence-corrected chi connectivity index (χ0v) is 24.2. The molecule has 2 aliphatic carbocycles. The minimum absolute atomic E-state index is 0.197. The van der Waals surface area contributed by atoms with Crippen molar-refractivity contribution in [2.45, 2.75) is 87.8 Å². The third-order valence-corrected chi connectivity index (χ3v) is 10.3. The zero-order valence-electron chi connectivity index (χ0n) is 24.2. The van der Waals surface area contributed by atoms with Gasteiger partial charge in [0.2, 0.25) is 5.91 Å². The van der Waals surface area contributed by atoms with Crippen molar-refractivity contribution in [3.63, 3.8) is 0 Å². The second-order valence-corrected chi connectivity index (χ2v) is 12.6. The van der Waals surface area contributed by atoms with E-state index in [0.717, 1.165) is 32.2 Å². The van der Waals surface area contributed by atoms with Gasteiger partial charge in [-0.25, -0.2) is 8.78 Å². The van der Waals surface area contributed by atoms with Crippen molar-refractivity contribution in [1.29, 1.82) is 0 Å². The molecule has 2 aromatic rings. The monoisotopic (exact) mass is 606 g/mol. The molecule has 2 aromatic carbocycles. The van der Waals surface area contributed by atoms with Crippen molar-refractivity contribution in [2.75, 3.05) is 19.6 Å². The van der Waals surface area contributed by atoms with E-state index in [2.05, 4.69) is 40.5 Å². The number of amides is 1. The predicted octanol–water partition coefficient (Wildman–Crippen LogP) is 4.39. The molecule has 10 heteroatoms. The lowest BCUT2D eigenvalue weighted by molar-refractivity contribution is -0.640. The van der Waals surface area contributed by atoms with Gasteiger partial charge in [0.15, 0.2) is 0 Å². The third kappa shape index (κ3) is 6.44. The summed E-state index contributed by atoms with van der Waals surface area (Å²) in [6.45, 7) is 2.11. The first-order valence-electron chi connectivity index (χ1n) is 15.5. The van der Waals surface area contributed by atoms with Crippen LogP contribution in [-0.2, 0) is 21.4 Å². The summed E-state index contributed by atoms with van der Waals surface area (Å²) in [6.07, 6.45) is 5.12. The Hall–Kier alpha value is -3.01. The highest BCUT2D eigenvalue weighted by molar-refractivity contribution is 5.82. The SMILES string of the molecule is O=C([C@@H]1C[NH2+]C[C@]12CCCc1c(F)ccc(F)c12)N1CC[C@@H](c2ccccc2)C[C@H]1C1CCCCC1.O=C([O-])C(F)(F)F. The molecule has 0 aromatic heterocycles. The molecule has 5 nitrogen and oxygen atoms in total. The Bertz CT molecular complexity index is 1300. The topological polar surface area (TPSA) is 77.0 Å². The van der Waals surface area contributed by atoms with E-state index in [4.69, 9.17) is 9.90 Å². The fourth-order valence-corrected chi connectivity index (χ4v) is 8.31. The molecule has 2 N–H and O–H groups in total. The lowest BCUT2D eigenvalue weighted by Gasteiger charge is -2.47. The molecular weight excluding hydrogens is 567 g/mol. The maximum Gasteiger partial charge on any atom is 0.430 e. The van der Waals surface area contributed by atoms with Crippen LogP contribution >= 0.6 is 0 Å². The van der Waals surface area contributed by atoms with Gasteiger partial charge >= 0.3 is 6.18 Å². The van der Waals surface area contributed by atoms with Crippen molar-refractivity contribution in [3.8, 4) is 0 Å². The van der Waals surface area contributed by atoms with Crippen LogP contribution in [0.4, 0.5) is 22.0 Å². The van der Waals surface area contributed by atoms with Gasteiger partial charge in [0.05, 0.1) is 18.5 Å². The number of alkyl halides is 3. The Balaban J connectivity index is 0.000000472. The number of benzene rings is 2. The molecular formula is C33H39F5N2O3. The van der Waals surface area contributed by atoms with Gasteiger partial charge in [-0.1, -0.05) is 49.6 Å². The van der Waals surface area contributed by atoms with Gasteiger partial charge in [-0.2, -0.15) is 13.2 Å². The Morgan fingerprint density at radius 1 is 0.930 bits per heavy atom. The van der Waals surface area contributed by atoms with E-state index >= 15 is 4.39 Å². The second kappa shape index (κ2) is 12.9. The number of halogens is 5. The molecule has 6 rings (SSSR count). The van der Waals surface area contributed by atoms with Gasteiger partial charge < -0.3 is 20.1 Å². The molecule has 2 heterocycles. The highest BCUT2D eigenvalue weighted by Crippen LogP contribution is 2.47. The van der Waals surface area contributed by atoms with Crippen LogP contribution in [0.1, 0.15) is 80.4 Å². The van der Waals surface area contributed by atoms with E-state index in [1.54, 1.807) is 0 Å². The number of nitrogens with two attached hydrogens (primary N) is 1. The van der Waals surface area contributed by atoms with E-state index < -0.39 is 17.6 Å². The minimum atomic E-state index is -5.19. The number of carboxylic acid groups (broad SMARTS) is 1. The zero-order chi connectivity index (χ0) is 30.8. The number of quaternary nitrogens is 1. The van der Waals surface area contributed by atoms with Crippen molar-refractivity contribution in [1.82, 2.24) is 4.90 Å². The number of carbonyl (C=O) groups is 2. The van der Waals surface area contributed by atoms with Crippen molar-refractivity contribution in [3.05, 3.63) is 70.8 Å². The molecule has 3 fully saturated rings. The van der Waals surface area contributed by atoms with Crippen LogP contribution in [0.5, 0.6) is 0 Å². The summed E-state index contributed by atoms with van der Waals surface area (Å²) in [5, 5.41) is 11.0. The van der Waals surface area contributed by atoms with Crippen molar-refractivity contribution >= 4 is 11.9 Å². The van der Waals surface area contributed by atoms with Crippen LogP contribution in [0.15, 0.2) is 42.5 Å². The number of likely N-dealkylation sites (tertiary alicyclic amines) is 1. The van der Waals surface area contributed by atoms with Crippen molar-refractivity contribution < 1.29 is 42.0 Å². The Kier molecular flexibility index (Phi) is 9.44. The standard InChI is InChI=1S/C31H38F2N2O.C2HF3O2/c32-26-13-14-27(33)29-24(26)12-7-16-31(29)20-34-19-25(31)30(36)35-17-15-23(21-8-3-1-4-9-21)18-28(35)22-10-5-2-6-11-22;3-2(4,5)1(6)7/h1,3-4,8-9,13-14,22-23,25,28,34H,2,5-7,10-12,15-20H2;(H,6,7)/t23-,25+,28+,31-;/m1./s1. The summed E-state index contributed by atoms with van der Waals surface area (Å²) in [6, 6.07) is 13.6. The Labute approximate surface area is 248 Å². The first kappa shape index (κ1) is 31.4. The van der Waals surface area contributed by atoms with Gasteiger partial charge in [0.25, 0.3) is 0 Å². The lowest BCUT2D eigenvalue weighted by atomic mass is 9.63. The molecule has 1 amide bonds. The maximum absolute atomic E-state index is 15.3. The lowest BCUT2D eigenvalue weighted by Crippen LogP contribution is -2.82. The highest BCUT2D eigenvalue weighted by Gasteiger charge is 2.56. The van der Waals surface area contributed by atoms with Crippen molar-refractivity contribution in [2.24, 2.45) is 11.8 Å². The highest BCUT2D eigenvalue weighted by atomic mass is 19.4. The third-order valence-electron chi connectivity index (χ3n) is 10.3. The van der Waals surface area contributed by atoms with Crippen LogP contribution < -0.4 is 10.4 Å². The van der Waals surface area contributed by atoms with E-state index in [9.17, 15) is 22.4 Å². The molecule has 1 saturated carbocycles. The molecule has 4 atom stereocenters. The number of hydrogen-bond acceptors (Lipinski definition) is 3. The first-order chi connectivity index (χ1) is 20.5. The summed E-state index contributed by atoms with van der Waals surface area (Å²) in [7, 11) is 0. The minimum Gasteiger partial charge on any atom is -0.542 e. The first-order valence-corrected chi connectivity index (χ1v) is 15.5. The summed E-state index contributed by atoms with van der Waals surface area (Å²) in [4.78, 5) is 25.5. The van der Waals surface area contributed by atoms with Crippen LogP contribution in [0.2, 0.25) is 0 Å². The summed E-state index contributed by atoms with van der Waals surface area (Å²) in [5.41, 5.74) is 1.81. The van der Waals surface area contributed by atoms with E-state index in [1.165, 1.54) is 49.8 Å². The number of piperidine rings is 1. The van der Waals surface area contributed by atoms with Crippen LogP contribution in [0.3, 0.4) is 0 Å². The molecule has 2 aliphatic heterocycles. The number of carboxylic acids is 1. The molecule has 1 spiro atoms. The molecule has 234 valence electrons. The van der Waals surface area contributed by atoms with E-state index in [-0.39, 0.29) is 29.5 Å². The summed E-state index contributed by atoms with van der Waals surface area (Å²) in [5.74, 6) is -2.71. The van der Waals surface area contributed by atoms with Gasteiger partial charge in [-0.3, -0.25) is 4.79 Å². The number of carbonyl (C=O) groups excluding carboxylic acids is 2. The smallest absolute Gasteiger partial charge is 0.430 e. The summed E-state index contributed by atoms with van der Waals surface area (Å²) < 4.78 is 61.7. The normalized spacial score (nSPS) is 27.7. The number of aliphatic carboxylic acids is 1. The van der Waals surface area contributed by atoms with Gasteiger partial charge in [-0.05, 0) is 80.0 Å². The summed E-state index contributed by atoms with van der Waals surface area (Å²) >= 11 is 0. The van der Waals surface area contributed by atoms with Gasteiger partial charge in [0.1, 0.15) is 23.5 Å². The predicted molar refractivity (Wildman–Crippen MR) is 148 cm³/mol. The van der Waals surface area contributed by atoms with E-state index in [0.29, 0.717) is 42.5 Å². The molecule has 0 radical (unpaired) electrons. The van der Waals surface area contributed by atoms with Crippen LogP contribution in [0.25, 0.3) is 0 Å². The quantitative estimate of drug-likeness (QED) is 0.527. The number of fused-ring (bicyclic) bond motifs is 2. The average molecular weight is 607 g/mol. The average Bonchev–Trinajstić information content (AvgIpc) is 3.42. The maximum atomic E-state index is 15.3. The molecule has 0 bridgehead atoms. The molecule has 43 heavy (non-hydrogen) atoms. The van der Waals surface area contributed by atoms with Crippen LogP contribution in [0, 0.1) is 23.5 Å². The largest absolute Gasteiger partial charge is 0.542 e. The molecule has 2 saturated heterocycles. The number of rotatable bonds is 3. The molecule has 4 aliphatic rings.